The van der Waals surface area contributed by atoms with Gasteiger partial charge in [-0.3, -0.25) is 9.36 Å². The maximum atomic E-state index is 10.4. The van der Waals surface area contributed by atoms with Crippen molar-refractivity contribution in [3.8, 4) is 0 Å². The zero-order chi connectivity index (χ0) is 9.07. The Hall–Kier alpha value is -0.640. The molecular weight excluding hydrogens is 169 g/mol. The monoisotopic (exact) mass is 179 g/mol. The van der Waals surface area contributed by atoms with Crippen LogP contribution in [-0.2, 0) is 9.36 Å². The van der Waals surface area contributed by atoms with Crippen molar-refractivity contribution in [2.75, 3.05) is 6.16 Å². The van der Waals surface area contributed by atoms with Crippen LogP contribution in [0.4, 0.5) is 0 Å². The molecule has 0 aliphatic rings. The minimum Gasteiger partial charge on any atom is -0.366 e. The lowest BCUT2D eigenvalue weighted by atomic mass is 10.3. The van der Waals surface area contributed by atoms with Crippen molar-refractivity contribution >= 4 is 13.5 Å². The third-order valence-electron chi connectivity index (χ3n) is 1.04. The van der Waals surface area contributed by atoms with Gasteiger partial charge in [-0.2, -0.15) is 0 Å². The number of carbonyl (C=O) groups is 1. The van der Waals surface area contributed by atoms with Crippen LogP contribution >= 0.6 is 7.60 Å². The SMILES string of the molecule is CC=C(CP(=O)(O)O)C(N)=O. The predicted molar refractivity (Wildman–Crippen MR) is 39.9 cm³/mol. The fraction of sp³-hybridized carbons (Fsp3) is 0.400. The van der Waals surface area contributed by atoms with Crippen LogP contribution < -0.4 is 5.73 Å². The molecule has 0 atom stereocenters. The minimum atomic E-state index is -4.16. The van der Waals surface area contributed by atoms with Crippen LogP contribution in [0.15, 0.2) is 11.6 Å². The summed E-state index contributed by atoms with van der Waals surface area (Å²) in [4.78, 5) is 27.3. The molecule has 5 nitrogen and oxygen atoms in total. The Kier molecular flexibility index (Phi) is 3.45. The highest BCUT2D eigenvalue weighted by atomic mass is 31.2. The van der Waals surface area contributed by atoms with E-state index in [0.717, 1.165) is 0 Å². The second-order valence-electron chi connectivity index (χ2n) is 2.00. The smallest absolute Gasteiger partial charge is 0.330 e. The van der Waals surface area contributed by atoms with E-state index in [1.54, 1.807) is 0 Å². The minimum absolute atomic E-state index is 0.0432. The van der Waals surface area contributed by atoms with Crippen molar-refractivity contribution in [1.29, 1.82) is 0 Å². The van der Waals surface area contributed by atoms with Gasteiger partial charge in [-0.05, 0) is 6.92 Å². The summed E-state index contributed by atoms with van der Waals surface area (Å²) in [7, 11) is -4.16. The lowest BCUT2D eigenvalue weighted by Gasteiger charge is -2.03. The molecule has 0 saturated heterocycles. The molecule has 0 aliphatic carbocycles. The van der Waals surface area contributed by atoms with Gasteiger partial charge in [0.05, 0.1) is 6.16 Å². The van der Waals surface area contributed by atoms with E-state index in [1.165, 1.54) is 13.0 Å². The molecule has 0 unspecified atom stereocenters. The van der Waals surface area contributed by atoms with Gasteiger partial charge in [-0.1, -0.05) is 6.08 Å². The van der Waals surface area contributed by atoms with Gasteiger partial charge in [0, 0.05) is 5.57 Å². The first-order chi connectivity index (χ1) is 4.87. The van der Waals surface area contributed by atoms with Gasteiger partial charge in [0.2, 0.25) is 5.91 Å². The summed E-state index contributed by atoms with van der Waals surface area (Å²) in [5.41, 5.74) is 4.76. The third-order valence-corrected chi connectivity index (χ3v) is 1.79. The molecule has 0 saturated carbocycles. The van der Waals surface area contributed by atoms with E-state index in [0.29, 0.717) is 0 Å². The average Bonchev–Trinajstić information content (AvgIpc) is 1.80. The molecule has 4 N–H and O–H groups in total. The van der Waals surface area contributed by atoms with Gasteiger partial charge < -0.3 is 15.5 Å². The molecular formula is C5H10NO4P. The Morgan fingerprint density at radius 3 is 2.18 bits per heavy atom. The number of nitrogens with two attached hydrogens (primary N) is 1. The molecule has 0 heterocycles. The molecule has 0 aromatic carbocycles. The Labute approximate surface area is 64.1 Å². The summed E-state index contributed by atoms with van der Waals surface area (Å²) < 4.78 is 10.4. The zero-order valence-corrected chi connectivity index (χ0v) is 6.91. The van der Waals surface area contributed by atoms with E-state index in [9.17, 15) is 9.36 Å². The lowest BCUT2D eigenvalue weighted by molar-refractivity contribution is -0.114. The quantitative estimate of drug-likeness (QED) is 0.405. The highest BCUT2D eigenvalue weighted by molar-refractivity contribution is 7.52. The van der Waals surface area contributed by atoms with Gasteiger partial charge in [-0.15, -0.1) is 0 Å². The van der Waals surface area contributed by atoms with Crippen LogP contribution in [-0.4, -0.2) is 21.9 Å². The molecule has 0 fully saturated rings. The van der Waals surface area contributed by atoms with Crippen LogP contribution in [0.1, 0.15) is 6.92 Å². The molecule has 0 radical (unpaired) electrons. The number of carbonyl (C=O) groups excluding carboxylic acids is 1. The van der Waals surface area contributed by atoms with Gasteiger partial charge >= 0.3 is 7.60 Å². The van der Waals surface area contributed by atoms with Crippen molar-refractivity contribution in [1.82, 2.24) is 0 Å². The number of primary amides is 1. The Bertz CT molecular complexity index is 229. The van der Waals surface area contributed by atoms with E-state index in [-0.39, 0.29) is 5.57 Å². The molecule has 11 heavy (non-hydrogen) atoms. The van der Waals surface area contributed by atoms with Gasteiger partial charge in [0.1, 0.15) is 0 Å². The summed E-state index contributed by atoms with van der Waals surface area (Å²) >= 11 is 0. The second-order valence-corrected chi connectivity index (χ2v) is 3.65. The first-order valence-corrected chi connectivity index (χ1v) is 4.66. The molecule has 0 bridgehead atoms. The highest BCUT2D eigenvalue weighted by Crippen LogP contribution is 2.36. The molecule has 64 valence electrons. The normalized spacial score (nSPS) is 13.2. The van der Waals surface area contributed by atoms with E-state index in [1.807, 2.05) is 0 Å². The maximum absolute atomic E-state index is 10.4. The zero-order valence-electron chi connectivity index (χ0n) is 6.02. The van der Waals surface area contributed by atoms with Gasteiger partial charge in [-0.25, -0.2) is 0 Å². The summed E-state index contributed by atoms with van der Waals surface area (Å²) in [6.07, 6.45) is 0.709. The van der Waals surface area contributed by atoms with Crippen molar-refractivity contribution in [2.24, 2.45) is 5.73 Å². The number of rotatable bonds is 3. The number of allylic oxidation sites excluding steroid dienone is 1. The van der Waals surface area contributed by atoms with E-state index in [4.69, 9.17) is 15.5 Å². The lowest BCUT2D eigenvalue weighted by Crippen LogP contribution is -2.16. The molecule has 0 rings (SSSR count). The van der Waals surface area contributed by atoms with E-state index in [2.05, 4.69) is 0 Å². The Morgan fingerprint density at radius 1 is 1.64 bits per heavy atom. The van der Waals surface area contributed by atoms with Crippen LogP contribution in [0.25, 0.3) is 0 Å². The van der Waals surface area contributed by atoms with Gasteiger partial charge in [0.15, 0.2) is 0 Å². The van der Waals surface area contributed by atoms with E-state index < -0.39 is 19.7 Å². The van der Waals surface area contributed by atoms with E-state index >= 15 is 0 Å². The van der Waals surface area contributed by atoms with Crippen molar-refractivity contribution in [3.63, 3.8) is 0 Å². The van der Waals surface area contributed by atoms with Crippen LogP contribution in [0.5, 0.6) is 0 Å². The average molecular weight is 179 g/mol. The Morgan fingerprint density at radius 2 is 2.09 bits per heavy atom. The summed E-state index contributed by atoms with van der Waals surface area (Å²) in [5, 5.41) is 0. The first kappa shape index (κ1) is 10.4. The fourth-order valence-corrected chi connectivity index (χ4v) is 1.32. The van der Waals surface area contributed by atoms with Crippen molar-refractivity contribution < 1.29 is 19.1 Å². The molecule has 0 aromatic rings. The highest BCUT2D eigenvalue weighted by Gasteiger charge is 2.18. The molecule has 0 spiro atoms. The largest absolute Gasteiger partial charge is 0.366 e. The maximum Gasteiger partial charge on any atom is 0.330 e. The van der Waals surface area contributed by atoms with Gasteiger partial charge in [0.25, 0.3) is 0 Å². The standard InChI is InChI=1S/C5H10NO4P/c1-2-4(5(6)7)3-11(8,9)10/h2H,3H2,1H3,(H2,6,7)(H2,8,9,10). The Balaban J connectivity index is 4.37. The summed E-state index contributed by atoms with van der Waals surface area (Å²) in [6.45, 7) is 1.50. The topological polar surface area (TPSA) is 101 Å². The molecule has 6 heteroatoms. The number of amides is 1. The fourth-order valence-electron chi connectivity index (χ4n) is 0.533. The molecule has 0 aliphatic heterocycles. The summed E-state index contributed by atoms with van der Waals surface area (Å²) in [5.74, 6) is -0.796. The molecule has 1 amide bonds. The van der Waals surface area contributed by atoms with Crippen LogP contribution in [0, 0.1) is 0 Å². The third kappa shape index (κ3) is 4.72. The second kappa shape index (κ2) is 3.67. The molecule has 0 aromatic heterocycles. The first-order valence-electron chi connectivity index (χ1n) is 2.86. The summed E-state index contributed by atoms with van der Waals surface area (Å²) in [6, 6.07) is 0. The number of hydrogen-bond donors (Lipinski definition) is 3. The van der Waals surface area contributed by atoms with Crippen molar-refractivity contribution in [3.05, 3.63) is 11.6 Å². The van der Waals surface area contributed by atoms with Crippen LogP contribution in [0.2, 0.25) is 0 Å². The van der Waals surface area contributed by atoms with Crippen molar-refractivity contribution in [2.45, 2.75) is 6.92 Å². The van der Waals surface area contributed by atoms with Crippen LogP contribution in [0.3, 0.4) is 0 Å². The number of hydrogen-bond acceptors (Lipinski definition) is 2. The predicted octanol–water partition coefficient (Wildman–Crippen LogP) is -0.404.